The van der Waals surface area contributed by atoms with Gasteiger partial charge in [-0.15, -0.1) is 0 Å². The molecule has 1 amide bonds. The first-order valence-corrected chi connectivity index (χ1v) is 5.73. The standard InChI is InChI=1S/C10H14N2O4/c13-9-10(3-4-10)16-8-5-6(12(14)15)1-2-7(8)11-9/h6-8H,1-5H2,(H,11,13). The first-order chi connectivity index (χ1) is 7.61. The maximum absolute atomic E-state index is 11.7. The smallest absolute Gasteiger partial charge is 0.252 e. The Bertz CT molecular complexity index is 353. The van der Waals surface area contributed by atoms with Crippen LogP contribution in [0.5, 0.6) is 0 Å². The van der Waals surface area contributed by atoms with E-state index in [9.17, 15) is 14.9 Å². The fourth-order valence-electron chi connectivity index (χ4n) is 2.70. The molecular weight excluding hydrogens is 212 g/mol. The normalized spacial score (nSPS) is 40.0. The first kappa shape index (κ1) is 10.0. The number of carbonyl (C=O) groups excluding carboxylic acids is 1. The highest BCUT2D eigenvalue weighted by atomic mass is 16.6. The molecule has 1 saturated heterocycles. The van der Waals surface area contributed by atoms with Gasteiger partial charge >= 0.3 is 0 Å². The van der Waals surface area contributed by atoms with Gasteiger partial charge in [-0.25, -0.2) is 0 Å². The largest absolute Gasteiger partial charge is 0.360 e. The minimum absolute atomic E-state index is 0.0186. The molecule has 1 heterocycles. The quantitative estimate of drug-likeness (QED) is 0.512. The summed E-state index contributed by atoms with van der Waals surface area (Å²) in [6.45, 7) is 0. The average molecular weight is 226 g/mol. The number of hydrogen-bond donors (Lipinski definition) is 1. The van der Waals surface area contributed by atoms with E-state index in [0.717, 1.165) is 12.8 Å². The van der Waals surface area contributed by atoms with Crippen LogP contribution in [0.3, 0.4) is 0 Å². The predicted octanol–water partition coefficient (Wildman–Crippen LogP) is 0.232. The van der Waals surface area contributed by atoms with Crippen molar-refractivity contribution in [2.45, 2.75) is 55.9 Å². The Labute approximate surface area is 92.5 Å². The molecule has 1 spiro atoms. The molecule has 2 saturated carbocycles. The Kier molecular flexibility index (Phi) is 1.98. The van der Waals surface area contributed by atoms with Crippen molar-refractivity contribution < 1.29 is 14.5 Å². The number of ether oxygens (including phenoxy) is 1. The van der Waals surface area contributed by atoms with E-state index in [4.69, 9.17) is 4.74 Å². The van der Waals surface area contributed by atoms with Gasteiger partial charge in [0.1, 0.15) is 5.60 Å². The second-order valence-corrected chi connectivity index (χ2v) is 4.98. The molecule has 1 aliphatic heterocycles. The lowest BCUT2D eigenvalue weighted by Gasteiger charge is -2.40. The summed E-state index contributed by atoms with van der Waals surface area (Å²) in [4.78, 5) is 22.2. The molecule has 3 unspecified atom stereocenters. The molecule has 88 valence electrons. The minimum atomic E-state index is -0.625. The van der Waals surface area contributed by atoms with Crippen molar-refractivity contribution in [3.8, 4) is 0 Å². The van der Waals surface area contributed by atoms with Crippen LogP contribution in [0.25, 0.3) is 0 Å². The van der Waals surface area contributed by atoms with E-state index in [-0.39, 0.29) is 23.0 Å². The fourth-order valence-corrected chi connectivity index (χ4v) is 2.70. The summed E-state index contributed by atoms with van der Waals surface area (Å²) in [5, 5.41) is 13.7. The van der Waals surface area contributed by atoms with E-state index >= 15 is 0 Å². The van der Waals surface area contributed by atoms with Crippen molar-refractivity contribution in [3.05, 3.63) is 10.1 Å². The summed E-state index contributed by atoms with van der Waals surface area (Å²) in [6, 6.07) is -0.526. The van der Waals surface area contributed by atoms with Gasteiger partial charge in [0.15, 0.2) is 0 Å². The van der Waals surface area contributed by atoms with Crippen molar-refractivity contribution in [2.75, 3.05) is 0 Å². The first-order valence-electron chi connectivity index (χ1n) is 5.73. The molecule has 0 aromatic heterocycles. The molecule has 6 nitrogen and oxygen atoms in total. The third kappa shape index (κ3) is 1.40. The molecular formula is C10H14N2O4. The van der Waals surface area contributed by atoms with E-state index in [1.165, 1.54) is 0 Å². The maximum Gasteiger partial charge on any atom is 0.252 e. The van der Waals surface area contributed by atoms with Crippen molar-refractivity contribution in [1.82, 2.24) is 5.32 Å². The Morgan fingerprint density at radius 1 is 1.44 bits per heavy atom. The zero-order chi connectivity index (χ0) is 11.3. The highest BCUT2D eigenvalue weighted by Gasteiger charge is 2.58. The number of nitro groups is 1. The van der Waals surface area contributed by atoms with Crippen LogP contribution in [-0.2, 0) is 9.53 Å². The van der Waals surface area contributed by atoms with Gasteiger partial charge in [-0.3, -0.25) is 14.9 Å². The summed E-state index contributed by atoms with van der Waals surface area (Å²) >= 11 is 0. The lowest BCUT2D eigenvalue weighted by atomic mass is 9.87. The highest BCUT2D eigenvalue weighted by Crippen LogP contribution is 2.45. The molecule has 0 aromatic rings. The molecule has 16 heavy (non-hydrogen) atoms. The minimum Gasteiger partial charge on any atom is -0.360 e. The second-order valence-electron chi connectivity index (χ2n) is 4.98. The molecule has 2 aliphatic carbocycles. The number of carbonyl (C=O) groups is 1. The van der Waals surface area contributed by atoms with Gasteiger partial charge in [0.05, 0.1) is 12.1 Å². The van der Waals surface area contributed by atoms with Crippen LogP contribution in [0.15, 0.2) is 0 Å². The van der Waals surface area contributed by atoms with Gasteiger partial charge in [-0.1, -0.05) is 0 Å². The SMILES string of the molecule is O=C1NC2CCC([N+](=O)[O-])CC2OC12CC2. The molecule has 3 rings (SSSR count). The van der Waals surface area contributed by atoms with Gasteiger partial charge in [0.2, 0.25) is 6.04 Å². The second kappa shape index (κ2) is 3.16. The van der Waals surface area contributed by atoms with E-state index in [1.807, 2.05) is 0 Å². The summed E-state index contributed by atoms with van der Waals surface area (Å²) in [6.07, 6.45) is 2.96. The molecule has 3 fully saturated rings. The summed E-state index contributed by atoms with van der Waals surface area (Å²) in [5.41, 5.74) is -0.625. The number of nitrogens with one attached hydrogen (secondary N) is 1. The Hall–Kier alpha value is -1.17. The topological polar surface area (TPSA) is 81.5 Å². The van der Waals surface area contributed by atoms with Crippen LogP contribution in [0.1, 0.15) is 32.1 Å². The van der Waals surface area contributed by atoms with Gasteiger partial charge in [0, 0.05) is 17.8 Å². The van der Waals surface area contributed by atoms with Crippen LogP contribution in [-0.4, -0.2) is 34.6 Å². The van der Waals surface area contributed by atoms with Crippen molar-refractivity contribution in [1.29, 1.82) is 0 Å². The zero-order valence-electron chi connectivity index (χ0n) is 8.85. The van der Waals surface area contributed by atoms with E-state index in [1.54, 1.807) is 0 Å². The van der Waals surface area contributed by atoms with E-state index in [2.05, 4.69) is 5.32 Å². The van der Waals surface area contributed by atoms with Gasteiger partial charge in [0.25, 0.3) is 5.91 Å². The molecule has 0 aromatic carbocycles. The van der Waals surface area contributed by atoms with Crippen molar-refractivity contribution >= 4 is 5.91 Å². The van der Waals surface area contributed by atoms with Gasteiger partial charge < -0.3 is 10.1 Å². The number of fused-ring (bicyclic) bond motifs is 1. The Balaban J connectivity index is 1.73. The van der Waals surface area contributed by atoms with Gasteiger partial charge in [-0.2, -0.15) is 0 Å². The van der Waals surface area contributed by atoms with Crippen LogP contribution >= 0.6 is 0 Å². The van der Waals surface area contributed by atoms with Crippen molar-refractivity contribution in [3.63, 3.8) is 0 Å². The average Bonchev–Trinajstić information content (AvgIpc) is 3.00. The Morgan fingerprint density at radius 2 is 2.19 bits per heavy atom. The molecule has 3 aliphatic rings. The lowest BCUT2D eigenvalue weighted by Crippen LogP contribution is -2.60. The van der Waals surface area contributed by atoms with Crippen LogP contribution in [0.2, 0.25) is 0 Å². The summed E-state index contributed by atoms with van der Waals surface area (Å²) in [7, 11) is 0. The molecule has 3 atom stereocenters. The number of morpholine rings is 1. The molecule has 0 radical (unpaired) electrons. The number of nitrogens with zero attached hydrogens (tertiary/aromatic N) is 1. The van der Waals surface area contributed by atoms with Crippen LogP contribution in [0, 0.1) is 10.1 Å². The maximum atomic E-state index is 11.7. The fraction of sp³-hybridized carbons (Fsp3) is 0.900. The third-order valence-corrected chi connectivity index (χ3v) is 3.87. The summed E-state index contributed by atoms with van der Waals surface area (Å²) in [5.74, 6) is -0.0201. The number of amides is 1. The lowest BCUT2D eigenvalue weighted by molar-refractivity contribution is -0.529. The third-order valence-electron chi connectivity index (χ3n) is 3.87. The number of rotatable bonds is 1. The van der Waals surface area contributed by atoms with Gasteiger partial charge in [-0.05, 0) is 19.3 Å². The predicted molar refractivity (Wildman–Crippen MR) is 53.4 cm³/mol. The molecule has 1 N–H and O–H groups in total. The zero-order valence-corrected chi connectivity index (χ0v) is 8.85. The highest BCUT2D eigenvalue weighted by molar-refractivity contribution is 5.89. The van der Waals surface area contributed by atoms with Crippen LogP contribution in [0.4, 0.5) is 0 Å². The summed E-state index contributed by atoms with van der Waals surface area (Å²) < 4.78 is 5.76. The monoisotopic (exact) mass is 226 g/mol. The molecule has 0 bridgehead atoms. The van der Waals surface area contributed by atoms with E-state index < -0.39 is 11.6 Å². The van der Waals surface area contributed by atoms with Crippen molar-refractivity contribution in [2.24, 2.45) is 0 Å². The van der Waals surface area contributed by atoms with E-state index in [0.29, 0.717) is 19.3 Å². The molecule has 6 heteroatoms. The Morgan fingerprint density at radius 3 is 2.81 bits per heavy atom. The van der Waals surface area contributed by atoms with Crippen LogP contribution < -0.4 is 5.32 Å². The number of hydrogen-bond acceptors (Lipinski definition) is 4.